The number of para-hydroxylation sites is 1. The first-order valence-electron chi connectivity index (χ1n) is 15.5. The Morgan fingerprint density at radius 2 is 1.08 bits per heavy atom. The predicted molar refractivity (Wildman–Crippen MR) is 149 cm³/mol. The number of rotatable bonds is 2. The van der Waals surface area contributed by atoms with Crippen molar-refractivity contribution in [3.8, 4) is 22.5 Å². The Balaban J connectivity index is 1.65. The quantitative estimate of drug-likeness (QED) is 0.236. The van der Waals surface area contributed by atoms with E-state index in [9.17, 15) is 0 Å². The molecule has 0 bridgehead atoms. The molecule has 2 heterocycles. The molecule has 0 saturated carbocycles. The second-order valence-corrected chi connectivity index (χ2v) is 8.68. The Morgan fingerprint density at radius 3 is 1.81 bits per heavy atom. The first-order chi connectivity index (χ1) is 21.2. The lowest BCUT2D eigenvalue weighted by Crippen LogP contribution is -1.89. The number of benzene rings is 6. The molecule has 0 amide bonds. The van der Waals surface area contributed by atoms with E-state index in [4.69, 9.17) is 19.8 Å². The van der Waals surface area contributed by atoms with Gasteiger partial charge in [0.05, 0.1) is 16.4 Å². The minimum Gasteiger partial charge on any atom is -0.456 e. The molecule has 0 aliphatic carbocycles. The minimum atomic E-state index is -0.460. The average Bonchev–Trinajstić information content (AvgIpc) is 3.65. The summed E-state index contributed by atoms with van der Waals surface area (Å²) in [6.07, 6.45) is 0. The van der Waals surface area contributed by atoms with E-state index in [1.807, 2.05) is 30.3 Å². The minimum absolute atomic E-state index is 0.104. The lowest BCUT2D eigenvalue weighted by atomic mass is 9.87. The summed E-state index contributed by atoms with van der Waals surface area (Å²) in [5, 5.41) is 2.92. The van der Waals surface area contributed by atoms with E-state index in [-0.39, 0.29) is 57.0 Å². The van der Waals surface area contributed by atoms with E-state index in [0.717, 1.165) is 10.8 Å². The molecule has 168 valence electrons. The maximum Gasteiger partial charge on any atom is 0.146 e. The van der Waals surface area contributed by atoms with E-state index in [2.05, 4.69) is 0 Å². The molecular formula is C34H20O2. The number of furan rings is 2. The lowest BCUT2D eigenvalue weighted by molar-refractivity contribution is 0.632. The third kappa shape index (κ3) is 2.67. The van der Waals surface area contributed by atoms with E-state index < -0.39 is 24.2 Å². The van der Waals surface area contributed by atoms with Crippen LogP contribution >= 0.6 is 0 Å². The Kier molecular flexibility index (Phi) is 2.71. The van der Waals surface area contributed by atoms with E-state index in [1.165, 1.54) is 0 Å². The summed E-state index contributed by atoms with van der Waals surface area (Å²) in [6.45, 7) is 0. The van der Waals surface area contributed by atoms with Gasteiger partial charge in [0.15, 0.2) is 0 Å². The van der Waals surface area contributed by atoms with Crippen LogP contribution in [0.4, 0.5) is 0 Å². The molecule has 2 heteroatoms. The molecule has 0 spiro atoms. The van der Waals surface area contributed by atoms with E-state index in [1.54, 1.807) is 42.5 Å². The van der Waals surface area contributed by atoms with Gasteiger partial charge in [-0.2, -0.15) is 0 Å². The first-order valence-corrected chi connectivity index (χ1v) is 11.5. The molecule has 0 aliphatic heterocycles. The summed E-state index contributed by atoms with van der Waals surface area (Å²) < 4.78 is 83.0. The summed E-state index contributed by atoms with van der Waals surface area (Å²) in [5.41, 5.74) is 2.75. The fourth-order valence-corrected chi connectivity index (χ4v) is 5.18. The van der Waals surface area contributed by atoms with Crippen LogP contribution < -0.4 is 0 Å². The number of hydrogen-bond donors (Lipinski definition) is 0. The zero-order chi connectivity index (χ0) is 30.6. The van der Waals surface area contributed by atoms with Crippen LogP contribution in [0.25, 0.3) is 76.9 Å². The largest absolute Gasteiger partial charge is 0.456 e. The van der Waals surface area contributed by atoms with Crippen LogP contribution in [0.1, 0.15) is 11.0 Å². The lowest BCUT2D eigenvalue weighted by Gasteiger charge is -2.16. The van der Waals surface area contributed by atoms with Gasteiger partial charge in [-0.15, -0.1) is 0 Å². The average molecular weight is 469 g/mol. The van der Waals surface area contributed by atoms with Gasteiger partial charge in [0.25, 0.3) is 0 Å². The fourth-order valence-electron chi connectivity index (χ4n) is 5.18. The van der Waals surface area contributed by atoms with Crippen LogP contribution in [0.15, 0.2) is 130 Å². The highest BCUT2D eigenvalue weighted by Gasteiger charge is 2.20. The van der Waals surface area contributed by atoms with Gasteiger partial charge in [-0.05, 0) is 56.9 Å². The van der Waals surface area contributed by atoms with Crippen molar-refractivity contribution in [2.45, 2.75) is 0 Å². The van der Waals surface area contributed by atoms with Crippen LogP contribution in [0.5, 0.6) is 0 Å². The Bertz CT molecular complexity index is 2450. The molecule has 0 fully saturated rings. The van der Waals surface area contributed by atoms with Crippen molar-refractivity contribution < 1.29 is 19.8 Å². The van der Waals surface area contributed by atoms with Crippen molar-refractivity contribution in [1.82, 2.24) is 0 Å². The highest BCUT2D eigenvalue weighted by atomic mass is 16.3. The first kappa shape index (κ1) is 13.3. The van der Waals surface area contributed by atoms with E-state index >= 15 is 0 Å². The van der Waals surface area contributed by atoms with Gasteiger partial charge < -0.3 is 8.83 Å². The predicted octanol–water partition coefficient (Wildman–Crippen LogP) is 9.97. The fraction of sp³-hybridized carbons (Fsp3) is 0. The molecule has 36 heavy (non-hydrogen) atoms. The highest BCUT2D eigenvalue weighted by molar-refractivity contribution is 6.22. The smallest absolute Gasteiger partial charge is 0.146 e. The summed E-state index contributed by atoms with van der Waals surface area (Å²) in [7, 11) is 0. The Morgan fingerprint density at radius 1 is 0.472 bits per heavy atom. The molecule has 0 saturated heterocycles. The van der Waals surface area contributed by atoms with E-state index in [0.29, 0.717) is 33.3 Å². The van der Waals surface area contributed by atoms with Crippen LogP contribution in [0.3, 0.4) is 0 Å². The van der Waals surface area contributed by atoms with Gasteiger partial charge in [0, 0.05) is 16.3 Å². The number of fused-ring (bicyclic) bond motifs is 7. The molecule has 6 aromatic carbocycles. The summed E-state index contributed by atoms with van der Waals surface area (Å²) in [6, 6.07) is 18.8. The summed E-state index contributed by atoms with van der Waals surface area (Å²) >= 11 is 0. The van der Waals surface area contributed by atoms with Crippen LogP contribution in [-0.4, -0.2) is 0 Å². The van der Waals surface area contributed by atoms with Crippen molar-refractivity contribution in [1.29, 1.82) is 0 Å². The van der Waals surface area contributed by atoms with Crippen molar-refractivity contribution in [3.63, 3.8) is 0 Å². The maximum absolute atomic E-state index is 9.07. The zero-order valence-corrected chi connectivity index (χ0v) is 18.7. The maximum atomic E-state index is 9.07. The second kappa shape index (κ2) is 7.34. The Labute approximate surface area is 218 Å². The standard InChI is InChI=1S/C34H20O2/c1-2-10-21(11-3-1)32-23-13-4-6-15-25(23)33(26-16-7-5-14-24(26)32)31-20-28-30(35-31)19-18-27-22-12-8-9-17-29(22)36-34(27)28/h1-20H/i4D,5D,6D,7D,13D,14D,15D,16D. The molecular weight excluding hydrogens is 440 g/mol. The normalized spacial score (nSPS) is 15.0. The third-order valence-corrected chi connectivity index (χ3v) is 6.72. The summed E-state index contributed by atoms with van der Waals surface area (Å²) in [4.78, 5) is 0. The molecule has 8 aromatic rings. The van der Waals surface area contributed by atoms with Crippen molar-refractivity contribution >= 4 is 54.5 Å². The van der Waals surface area contributed by atoms with Crippen LogP contribution in [0, 0.1) is 0 Å². The molecule has 2 aromatic heterocycles. The van der Waals surface area contributed by atoms with Crippen molar-refractivity contribution in [2.75, 3.05) is 0 Å². The van der Waals surface area contributed by atoms with Crippen LogP contribution in [-0.2, 0) is 0 Å². The summed E-state index contributed by atoms with van der Waals surface area (Å²) in [5.74, 6) is 0.192. The van der Waals surface area contributed by atoms with Gasteiger partial charge >= 0.3 is 0 Å². The third-order valence-electron chi connectivity index (χ3n) is 6.72. The second-order valence-electron chi connectivity index (χ2n) is 8.68. The molecule has 2 nitrogen and oxygen atoms in total. The van der Waals surface area contributed by atoms with Gasteiger partial charge in [-0.25, -0.2) is 0 Å². The highest BCUT2D eigenvalue weighted by Crippen LogP contribution is 2.45. The monoisotopic (exact) mass is 468 g/mol. The van der Waals surface area contributed by atoms with Gasteiger partial charge in [-0.1, -0.05) is 96.9 Å². The number of hydrogen-bond acceptors (Lipinski definition) is 2. The molecule has 0 N–H and O–H groups in total. The molecule has 0 radical (unpaired) electrons. The molecule has 0 aliphatic rings. The zero-order valence-electron chi connectivity index (χ0n) is 26.7. The topological polar surface area (TPSA) is 26.3 Å². The van der Waals surface area contributed by atoms with Gasteiger partial charge in [0.2, 0.25) is 0 Å². The Hall–Kier alpha value is -4.82. The van der Waals surface area contributed by atoms with Gasteiger partial charge in [-0.3, -0.25) is 0 Å². The van der Waals surface area contributed by atoms with Gasteiger partial charge in [0.1, 0.15) is 22.5 Å². The molecule has 0 unspecified atom stereocenters. The molecule has 0 atom stereocenters. The van der Waals surface area contributed by atoms with Crippen molar-refractivity contribution in [3.05, 3.63) is 121 Å². The van der Waals surface area contributed by atoms with Crippen molar-refractivity contribution in [2.24, 2.45) is 0 Å². The SMILES string of the molecule is [2H]c1c([2H])c([2H])c2c(-c3cc4c(ccc5c6ccccc6oc45)o3)c3c([2H])c([2H])c([2H])c([2H])c3c(-c3ccccc3)c2c1[2H]. The van der Waals surface area contributed by atoms with Crippen LogP contribution in [0.2, 0.25) is 0 Å². The molecule has 8 rings (SSSR count).